The van der Waals surface area contributed by atoms with Gasteiger partial charge in [0.1, 0.15) is 6.61 Å². The van der Waals surface area contributed by atoms with E-state index in [2.05, 4.69) is 66.0 Å². The van der Waals surface area contributed by atoms with E-state index in [9.17, 15) is 4.79 Å². The van der Waals surface area contributed by atoms with Crippen molar-refractivity contribution in [3.8, 4) is 16.9 Å². The fourth-order valence-electron chi connectivity index (χ4n) is 2.85. The molecule has 0 aliphatic carbocycles. The van der Waals surface area contributed by atoms with E-state index in [-0.39, 0.29) is 12.5 Å². The smallest absolute Gasteiger partial charge is 0.252 e. The summed E-state index contributed by atoms with van der Waals surface area (Å²) in [5, 5.41) is 5.29. The Kier molecular flexibility index (Phi) is 5.01. The predicted octanol–water partition coefficient (Wildman–Crippen LogP) is 4.11. The molecule has 25 heavy (non-hydrogen) atoms. The van der Waals surface area contributed by atoms with Crippen molar-refractivity contribution >= 4 is 22.4 Å². The summed E-state index contributed by atoms with van der Waals surface area (Å²) in [6.45, 7) is 6.28. The first-order valence-electron chi connectivity index (χ1n) is 8.00. The Bertz CT molecular complexity index is 894. The van der Waals surface area contributed by atoms with Crippen molar-refractivity contribution in [2.45, 2.75) is 20.8 Å². The molecule has 3 aromatic rings. The van der Waals surface area contributed by atoms with Gasteiger partial charge in [0.15, 0.2) is 5.13 Å². The molecule has 6 heteroatoms. The number of amides is 1. The van der Waals surface area contributed by atoms with Crippen LogP contribution in [0.25, 0.3) is 16.9 Å². The topological polar surface area (TPSA) is 56.1 Å². The molecule has 0 aliphatic rings. The summed E-state index contributed by atoms with van der Waals surface area (Å²) in [5.41, 5.74) is 6.58. The van der Waals surface area contributed by atoms with Crippen LogP contribution in [0.2, 0.25) is 0 Å². The summed E-state index contributed by atoms with van der Waals surface area (Å²) in [7, 11) is 1.49. The minimum absolute atomic E-state index is 0.0247. The lowest BCUT2D eigenvalue weighted by Crippen LogP contribution is -2.16. The van der Waals surface area contributed by atoms with Crippen molar-refractivity contribution in [1.82, 2.24) is 9.55 Å². The van der Waals surface area contributed by atoms with Gasteiger partial charge < -0.3 is 9.30 Å². The third kappa shape index (κ3) is 3.65. The van der Waals surface area contributed by atoms with E-state index < -0.39 is 0 Å². The van der Waals surface area contributed by atoms with Gasteiger partial charge in [0.2, 0.25) is 0 Å². The van der Waals surface area contributed by atoms with Crippen molar-refractivity contribution < 1.29 is 9.53 Å². The first-order valence-corrected chi connectivity index (χ1v) is 8.88. The molecule has 0 atom stereocenters. The highest BCUT2D eigenvalue weighted by molar-refractivity contribution is 7.14. The number of rotatable bonds is 5. The first-order chi connectivity index (χ1) is 12.0. The third-order valence-electron chi connectivity index (χ3n) is 4.03. The van der Waals surface area contributed by atoms with Crippen LogP contribution in [0.5, 0.6) is 0 Å². The Morgan fingerprint density at radius 1 is 1.24 bits per heavy atom. The number of benzene rings is 1. The standard InChI is InChI=1S/C19H21N3O2S/c1-12-5-7-15(8-6-12)22-13(2)9-16(14(22)3)17-11-25-19(20-17)21-18(23)10-24-4/h5-9,11H,10H2,1-4H3,(H,20,21,23). The van der Waals surface area contributed by atoms with Crippen molar-refractivity contribution in [3.63, 3.8) is 0 Å². The molecule has 5 nitrogen and oxygen atoms in total. The molecule has 0 fully saturated rings. The molecule has 3 rings (SSSR count). The second-order valence-corrected chi connectivity index (χ2v) is 6.83. The maximum atomic E-state index is 11.6. The minimum atomic E-state index is -0.200. The fourth-order valence-corrected chi connectivity index (χ4v) is 3.58. The molecule has 0 aliphatic heterocycles. The van der Waals surface area contributed by atoms with Gasteiger partial charge in [0.05, 0.1) is 5.69 Å². The van der Waals surface area contributed by atoms with Crippen LogP contribution in [0.3, 0.4) is 0 Å². The Labute approximate surface area is 151 Å². The summed E-state index contributed by atoms with van der Waals surface area (Å²) < 4.78 is 7.04. The molecule has 0 bridgehead atoms. The highest BCUT2D eigenvalue weighted by atomic mass is 32.1. The van der Waals surface area contributed by atoms with E-state index in [1.165, 1.54) is 24.0 Å². The molecule has 1 N–H and O–H groups in total. The Morgan fingerprint density at radius 3 is 2.64 bits per heavy atom. The van der Waals surface area contributed by atoms with Gasteiger partial charge in [-0.15, -0.1) is 11.3 Å². The number of nitrogens with one attached hydrogen (secondary N) is 1. The van der Waals surface area contributed by atoms with Gasteiger partial charge in [-0.25, -0.2) is 4.98 Å². The van der Waals surface area contributed by atoms with E-state index in [1.807, 2.05) is 5.38 Å². The second-order valence-electron chi connectivity index (χ2n) is 5.97. The van der Waals surface area contributed by atoms with E-state index >= 15 is 0 Å². The number of carbonyl (C=O) groups is 1. The number of thiazole rings is 1. The maximum Gasteiger partial charge on any atom is 0.252 e. The van der Waals surface area contributed by atoms with Gasteiger partial charge in [0, 0.05) is 35.1 Å². The zero-order chi connectivity index (χ0) is 18.0. The van der Waals surface area contributed by atoms with Crippen molar-refractivity contribution in [3.05, 3.63) is 52.7 Å². The van der Waals surface area contributed by atoms with E-state index in [0.717, 1.165) is 28.3 Å². The lowest BCUT2D eigenvalue weighted by atomic mass is 10.2. The number of methoxy groups -OCH3 is 1. The normalized spacial score (nSPS) is 10.9. The SMILES string of the molecule is COCC(=O)Nc1nc(-c2cc(C)n(-c3ccc(C)cc3)c2C)cs1. The predicted molar refractivity (Wildman–Crippen MR) is 102 cm³/mol. The molecular weight excluding hydrogens is 334 g/mol. The van der Waals surface area contributed by atoms with E-state index in [4.69, 9.17) is 4.74 Å². The molecule has 0 saturated carbocycles. The lowest BCUT2D eigenvalue weighted by Gasteiger charge is -2.10. The number of hydrogen-bond acceptors (Lipinski definition) is 4. The first kappa shape index (κ1) is 17.4. The van der Waals surface area contributed by atoms with E-state index in [0.29, 0.717) is 5.13 Å². The van der Waals surface area contributed by atoms with Crippen LogP contribution in [0.1, 0.15) is 17.0 Å². The van der Waals surface area contributed by atoms with Crippen LogP contribution >= 0.6 is 11.3 Å². The molecule has 0 spiro atoms. The molecule has 0 unspecified atom stereocenters. The summed E-state index contributed by atoms with van der Waals surface area (Å²) in [6, 6.07) is 10.6. The number of anilines is 1. The largest absolute Gasteiger partial charge is 0.375 e. The molecule has 0 saturated heterocycles. The number of carbonyl (C=O) groups excluding carboxylic acids is 1. The average Bonchev–Trinajstić information content (AvgIpc) is 3.13. The fraction of sp³-hybridized carbons (Fsp3) is 0.263. The Morgan fingerprint density at radius 2 is 1.96 bits per heavy atom. The molecular formula is C19H21N3O2S. The number of nitrogens with zero attached hydrogens (tertiary/aromatic N) is 2. The summed E-state index contributed by atoms with van der Waals surface area (Å²) in [4.78, 5) is 16.2. The quantitative estimate of drug-likeness (QED) is 0.749. The summed E-state index contributed by atoms with van der Waals surface area (Å²) >= 11 is 1.41. The number of aromatic nitrogens is 2. The van der Waals surface area contributed by atoms with Crippen molar-refractivity contribution in [2.24, 2.45) is 0 Å². The highest BCUT2D eigenvalue weighted by Gasteiger charge is 2.15. The molecule has 2 aromatic heterocycles. The van der Waals surface area contributed by atoms with Gasteiger partial charge in [-0.1, -0.05) is 17.7 Å². The van der Waals surface area contributed by atoms with Crippen LogP contribution in [0.15, 0.2) is 35.7 Å². The van der Waals surface area contributed by atoms with Crippen LogP contribution < -0.4 is 5.32 Å². The van der Waals surface area contributed by atoms with Gasteiger partial charge >= 0.3 is 0 Å². The Balaban J connectivity index is 1.92. The van der Waals surface area contributed by atoms with Crippen molar-refractivity contribution in [1.29, 1.82) is 0 Å². The Hall–Kier alpha value is -2.44. The monoisotopic (exact) mass is 355 g/mol. The molecule has 2 heterocycles. The van der Waals surface area contributed by atoms with Gasteiger partial charge in [-0.2, -0.15) is 0 Å². The van der Waals surface area contributed by atoms with Gasteiger partial charge in [-0.3, -0.25) is 10.1 Å². The van der Waals surface area contributed by atoms with Crippen LogP contribution in [0.4, 0.5) is 5.13 Å². The minimum Gasteiger partial charge on any atom is -0.375 e. The van der Waals surface area contributed by atoms with E-state index in [1.54, 1.807) is 0 Å². The number of ether oxygens (including phenoxy) is 1. The zero-order valence-electron chi connectivity index (χ0n) is 14.8. The molecule has 1 aromatic carbocycles. The second kappa shape index (κ2) is 7.21. The maximum absolute atomic E-state index is 11.6. The van der Waals surface area contributed by atoms with Crippen LogP contribution in [-0.2, 0) is 9.53 Å². The number of hydrogen-bond donors (Lipinski definition) is 1. The average molecular weight is 355 g/mol. The van der Waals surface area contributed by atoms with Crippen LogP contribution in [0, 0.1) is 20.8 Å². The van der Waals surface area contributed by atoms with Gasteiger partial charge in [-0.05, 0) is 39.0 Å². The molecule has 130 valence electrons. The summed E-state index contributed by atoms with van der Waals surface area (Å²) in [5.74, 6) is -0.200. The third-order valence-corrected chi connectivity index (χ3v) is 4.78. The highest BCUT2D eigenvalue weighted by Crippen LogP contribution is 2.31. The lowest BCUT2D eigenvalue weighted by molar-refractivity contribution is -0.119. The molecule has 1 amide bonds. The molecule has 0 radical (unpaired) electrons. The van der Waals surface area contributed by atoms with Gasteiger partial charge in [0.25, 0.3) is 5.91 Å². The van der Waals surface area contributed by atoms with Crippen molar-refractivity contribution in [2.75, 3.05) is 19.0 Å². The zero-order valence-corrected chi connectivity index (χ0v) is 15.6. The van der Waals surface area contributed by atoms with Crippen LogP contribution in [-0.4, -0.2) is 29.2 Å². The number of aryl methyl sites for hydroxylation is 2. The summed E-state index contributed by atoms with van der Waals surface area (Å²) in [6.07, 6.45) is 0.